The van der Waals surface area contributed by atoms with Crippen LogP contribution >= 0.6 is 0 Å². The molecule has 15 aromatic rings. The van der Waals surface area contributed by atoms with Crippen molar-refractivity contribution in [1.29, 1.82) is 0 Å². The summed E-state index contributed by atoms with van der Waals surface area (Å²) in [6.45, 7) is 46.1. The van der Waals surface area contributed by atoms with Gasteiger partial charge in [0, 0.05) is 125 Å². The first-order valence-electron chi connectivity index (χ1n) is 44.1. The zero-order valence-electron chi connectivity index (χ0n) is 78.2. The zero-order chi connectivity index (χ0) is 88.8. The normalized spacial score (nSPS) is 14.5. The predicted molar refractivity (Wildman–Crippen MR) is 505 cm³/mol. The van der Waals surface area contributed by atoms with Gasteiger partial charge in [0.05, 0.1) is 29.2 Å². The highest BCUT2D eigenvalue weighted by molar-refractivity contribution is 5.98. The average molecular weight is 1620 g/mol. The predicted octanol–water partition coefficient (Wildman–Crippen LogP) is 26.1. The van der Waals surface area contributed by atoms with Crippen molar-refractivity contribution in [2.75, 3.05) is 0 Å². The lowest BCUT2D eigenvalue weighted by molar-refractivity contribution is -0.660. The van der Waals surface area contributed by atoms with Crippen LogP contribution in [0.5, 0.6) is 0 Å². The Morgan fingerprint density at radius 1 is 0.236 bits per heavy atom. The van der Waals surface area contributed by atoms with Gasteiger partial charge in [0.15, 0.2) is 31.0 Å². The number of pyridine rings is 5. The van der Waals surface area contributed by atoms with Gasteiger partial charge in [-0.2, -0.15) is 0 Å². The van der Waals surface area contributed by atoms with Crippen molar-refractivity contribution in [2.24, 2.45) is 35.2 Å². The molecule has 7 heteroatoms. The Hall–Kier alpha value is -12.2. The SMILES string of the molecule is Cc1ccc(-c2c(C)c(C)cc3c2-c2ccccc2C3(C)C)[n+](C)c1.Cc1ccc(-c2c(C)c(C)cc3c2-c2ccccc2C3(C)C)[n+](C)c1.Cc1ccc(-c2c(C)cc(F)c3c2-c2ccccc2C3(C)C)[n+](C)c1.Cc1ccc2c(c1-c1cccc[n+]1C)-c1cccc(F)c1C2(C)C.[2H]c1cc(C)c(-c2ccc(C)c[n+]2C)c2c1C(C)(C)c1ccccc1-2. The molecule has 0 radical (unpaired) electrons. The molecular formula is C116H120F2N5+5. The van der Waals surface area contributed by atoms with Gasteiger partial charge in [-0.15, -0.1) is 0 Å². The van der Waals surface area contributed by atoms with Gasteiger partial charge in [-0.05, 0) is 230 Å². The van der Waals surface area contributed by atoms with Crippen molar-refractivity contribution in [3.05, 3.63) is 384 Å². The number of rotatable bonds is 5. The summed E-state index contributed by atoms with van der Waals surface area (Å²) in [7, 11) is 10.5. The van der Waals surface area contributed by atoms with Crippen molar-refractivity contribution in [3.63, 3.8) is 0 Å². The Bertz CT molecular complexity index is 6610. The van der Waals surface area contributed by atoms with E-state index in [1.807, 2.05) is 37.3 Å². The summed E-state index contributed by atoms with van der Waals surface area (Å²) in [5, 5.41) is 0. The molecule has 5 nitrogen and oxygen atoms in total. The second kappa shape index (κ2) is 31.3. The smallest absolute Gasteiger partial charge is 0.207 e. The lowest BCUT2D eigenvalue weighted by Crippen LogP contribution is -2.31. The molecular weight excluding hydrogens is 1500 g/mol. The average Bonchev–Trinajstić information content (AvgIpc) is 1.58. The summed E-state index contributed by atoms with van der Waals surface area (Å²) in [6.07, 6.45) is 10.8. The molecule has 5 heterocycles. The van der Waals surface area contributed by atoms with Crippen LogP contribution in [0, 0.1) is 87.8 Å². The first kappa shape index (κ1) is 83.1. The fourth-order valence-electron chi connectivity index (χ4n) is 21.4. The molecule has 20 rings (SSSR count). The van der Waals surface area contributed by atoms with E-state index in [0.717, 1.165) is 61.5 Å². The Morgan fingerprint density at radius 2 is 0.569 bits per heavy atom. The Balaban J connectivity index is 0.000000115. The van der Waals surface area contributed by atoms with Crippen LogP contribution in [0.2, 0.25) is 0 Å². The van der Waals surface area contributed by atoms with E-state index in [2.05, 4.69) is 403 Å². The Labute approximate surface area is 731 Å². The molecule has 5 aliphatic rings. The van der Waals surface area contributed by atoms with Gasteiger partial charge in [0.1, 0.15) is 46.9 Å². The van der Waals surface area contributed by atoms with Crippen molar-refractivity contribution in [3.8, 4) is 112 Å². The van der Waals surface area contributed by atoms with Crippen molar-refractivity contribution in [2.45, 2.75) is 172 Å². The van der Waals surface area contributed by atoms with E-state index in [0.29, 0.717) is 6.04 Å². The highest BCUT2D eigenvalue weighted by Gasteiger charge is 2.46. The minimum absolute atomic E-state index is 0.0441. The summed E-state index contributed by atoms with van der Waals surface area (Å²) < 4.78 is 49.4. The third-order valence-electron chi connectivity index (χ3n) is 28.0. The van der Waals surface area contributed by atoms with Gasteiger partial charge in [0.25, 0.3) is 0 Å². The molecule has 0 aliphatic heterocycles. The molecule has 5 aliphatic carbocycles. The summed E-state index contributed by atoms with van der Waals surface area (Å²) in [6, 6.07) is 77.6. The lowest BCUT2D eigenvalue weighted by atomic mass is 9.80. The molecule has 0 N–H and O–H groups in total. The number of fused-ring (bicyclic) bond motifs is 15. The van der Waals surface area contributed by atoms with Crippen LogP contribution in [0.15, 0.2) is 255 Å². The molecule has 0 saturated heterocycles. The number of aromatic nitrogens is 5. The van der Waals surface area contributed by atoms with Gasteiger partial charge in [-0.3, -0.25) is 0 Å². The van der Waals surface area contributed by atoms with Gasteiger partial charge in [0.2, 0.25) is 28.5 Å². The molecule has 0 unspecified atom stereocenters. The van der Waals surface area contributed by atoms with Gasteiger partial charge in [-0.1, -0.05) is 215 Å². The second-order valence-electron chi connectivity index (χ2n) is 38.3. The van der Waals surface area contributed by atoms with Crippen LogP contribution in [-0.4, -0.2) is 0 Å². The van der Waals surface area contributed by atoms with Crippen molar-refractivity contribution < 1.29 is 33.0 Å². The molecule has 0 amide bonds. The molecule has 618 valence electrons. The second-order valence-corrected chi connectivity index (χ2v) is 38.3. The maximum Gasteiger partial charge on any atom is 0.213 e. The number of halogens is 2. The topological polar surface area (TPSA) is 19.4 Å². The van der Waals surface area contributed by atoms with E-state index >= 15 is 4.39 Å². The summed E-state index contributed by atoms with van der Waals surface area (Å²) in [5.41, 5.74) is 50.4. The molecule has 5 aromatic heterocycles. The van der Waals surface area contributed by atoms with E-state index in [1.165, 1.54) is 167 Å². The first-order chi connectivity index (χ1) is 58.7. The van der Waals surface area contributed by atoms with E-state index in [1.54, 1.807) is 12.1 Å². The van der Waals surface area contributed by atoms with E-state index in [-0.39, 0.29) is 38.7 Å². The minimum Gasteiger partial charge on any atom is -0.207 e. The van der Waals surface area contributed by atoms with Crippen LogP contribution in [0.25, 0.3) is 112 Å². The Morgan fingerprint density at radius 3 is 0.992 bits per heavy atom. The van der Waals surface area contributed by atoms with Crippen LogP contribution in [-0.2, 0) is 62.3 Å². The monoisotopic (exact) mass is 1620 g/mol. The molecule has 0 atom stereocenters. The van der Waals surface area contributed by atoms with Crippen molar-refractivity contribution >= 4 is 0 Å². The fraction of sp³-hybridized carbons (Fsp3) is 0.267. The highest BCUT2D eigenvalue weighted by atomic mass is 19.1. The largest absolute Gasteiger partial charge is 0.213 e. The lowest BCUT2D eigenvalue weighted by Gasteiger charge is -2.23. The minimum atomic E-state index is -0.332. The molecule has 0 saturated carbocycles. The number of benzene rings is 10. The number of hydrogen-bond acceptors (Lipinski definition) is 0. The van der Waals surface area contributed by atoms with Gasteiger partial charge >= 0.3 is 0 Å². The summed E-state index contributed by atoms with van der Waals surface area (Å²) in [4.78, 5) is 0. The van der Waals surface area contributed by atoms with Crippen LogP contribution in [0.3, 0.4) is 0 Å². The van der Waals surface area contributed by atoms with Gasteiger partial charge in [-0.25, -0.2) is 31.6 Å². The third kappa shape index (κ3) is 13.9. The van der Waals surface area contributed by atoms with Crippen LogP contribution < -0.4 is 22.8 Å². The molecule has 10 aromatic carbocycles. The van der Waals surface area contributed by atoms with Crippen LogP contribution in [0.4, 0.5) is 8.78 Å². The maximum atomic E-state index is 15.1. The zero-order valence-corrected chi connectivity index (χ0v) is 77.2. The fourth-order valence-corrected chi connectivity index (χ4v) is 21.4. The Kier molecular flexibility index (Phi) is 21.1. The maximum absolute atomic E-state index is 15.1. The van der Waals surface area contributed by atoms with Crippen LogP contribution in [0.1, 0.15) is 187 Å². The number of aryl methyl sites for hydroxylation is 14. The molecule has 0 fully saturated rings. The highest BCUT2D eigenvalue weighted by Crippen LogP contribution is 2.59. The molecule has 0 spiro atoms. The van der Waals surface area contributed by atoms with E-state index in [4.69, 9.17) is 1.37 Å². The summed E-state index contributed by atoms with van der Waals surface area (Å²) in [5.74, 6) is -0.220. The quantitative estimate of drug-likeness (QED) is 0.153. The van der Waals surface area contributed by atoms with Crippen molar-refractivity contribution in [1.82, 2.24) is 0 Å². The first-order valence-corrected chi connectivity index (χ1v) is 43.6. The number of nitrogens with zero attached hydrogens (tertiary/aromatic N) is 5. The van der Waals surface area contributed by atoms with Gasteiger partial charge < -0.3 is 0 Å². The van der Waals surface area contributed by atoms with E-state index < -0.39 is 0 Å². The molecule has 123 heavy (non-hydrogen) atoms. The summed E-state index contributed by atoms with van der Waals surface area (Å²) >= 11 is 0. The number of hydrogen-bond donors (Lipinski definition) is 0. The third-order valence-corrected chi connectivity index (χ3v) is 28.0. The standard InChI is InChI=1S/2C24H26N.C23H23FN.C23H24N.C22H21FN/c2*1-15-11-12-21(25(6)14-15)22-17(3)16(2)13-20-23(22)18-9-7-8-10-19(18)24(20,4)5;1-14-10-11-19(25(5)13-14)20-15(2)12-18(24)22-21(20)16-8-6-7-9-17(16)23(22,3)4;1-15-10-13-20(24(5)14-15)21-16(2)11-12-19-22(21)17-8-6-7-9-18(17)23(19,3)4;1-14-11-12-16-20(19(14)18-10-5-6-13-24(18)4)15-8-7-9-17(23)21(15)22(16,2)3/h2*7-14H,1-6H3;6-13H,1-5H3;6-14H,1-5H3;5-13H,1-4H3/q5*+1/i;;;12D;. The van der Waals surface area contributed by atoms with E-state index in [9.17, 15) is 4.39 Å². The molecule has 0 bridgehead atoms.